The average molecular weight is 341 g/mol. The van der Waals surface area contributed by atoms with E-state index in [0.29, 0.717) is 11.3 Å². The monoisotopic (exact) mass is 340 g/mol. The predicted molar refractivity (Wildman–Crippen MR) is 82.6 cm³/mol. The highest BCUT2D eigenvalue weighted by Crippen LogP contribution is 2.28. The SMILES string of the molecule is N#Cc1cn(-c2cc(Br)ccc2C(=O)O)c2ccccc12. The van der Waals surface area contributed by atoms with Crippen molar-refractivity contribution in [3.05, 3.63) is 64.3 Å². The van der Waals surface area contributed by atoms with E-state index in [9.17, 15) is 15.2 Å². The topological polar surface area (TPSA) is 66.0 Å². The Morgan fingerprint density at radius 2 is 2.00 bits per heavy atom. The number of nitrogens with zero attached hydrogens (tertiary/aromatic N) is 2. The van der Waals surface area contributed by atoms with Crippen molar-refractivity contribution in [1.82, 2.24) is 4.57 Å². The lowest BCUT2D eigenvalue weighted by molar-refractivity contribution is 0.0697. The number of carbonyl (C=O) groups is 1. The molecule has 3 aromatic rings. The number of halogens is 1. The van der Waals surface area contributed by atoms with Gasteiger partial charge in [0.2, 0.25) is 0 Å². The van der Waals surface area contributed by atoms with Crippen LogP contribution in [0.15, 0.2) is 53.1 Å². The molecule has 4 nitrogen and oxygen atoms in total. The Balaban J connectivity index is 2.39. The molecule has 3 rings (SSSR count). The number of fused-ring (bicyclic) bond motifs is 1. The van der Waals surface area contributed by atoms with E-state index in [1.165, 1.54) is 0 Å². The van der Waals surface area contributed by atoms with Crippen molar-refractivity contribution in [2.75, 3.05) is 0 Å². The summed E-state index contributed by atoms with van der Waals surface area (Å²) < 4.78 is 2.51. The van der Waals surface area contributed by atoms with Crippen molar-refractivity contribution < 1.29 is 9.90 Å². The molecule has 5 heteroatoms. The lowest BCUT2D eigenvalue weighted by Crippen LogP contribution is -2.04. The fourth-order valence-corrected chi connectivity index (χ4v) is 2.70. The van der Waals surface area contributed by atoms with Gasteiger partial charge in [-0.05, 0) is 24.3 Å². The minimum absolute atomic E-state index is 0.184. The summed E-state index contributed by atoms with van der Waals surface area (Å²) in [5.74, 6) is -1.01. The van der Waals surface area contributed by atoms with Gasteiger partial charge in [-0.1, -0.05) is 34.1 Å². The lowest BCUT2D eigenvalue weighted by Gasteiger charge is -2.09. The summed E-state index contributed by atoms with van der Waals surface area (Å²) in [6, 6.07) is 14.5. The molecule has 21 heavy (non-hydrogen) atoms. The first-order chi connectivity index (χ1) is 10.1. The van der Waals surface area contributed by atoms with E-state index in [1.807, 2.05) is 24.3 Å². The second kappa shape index (κ2) is 5.08. The van der Waals surface area contributed by atoms with Crippen molar-refractivity contribution in [2.24, 2.45) is 0 Å². The minimum Gasteiger partial charge on any atom is -0.478 e. The Kier molecular flexibility index (Phi) is 3.24. The predicted octanol–water partition coefficient (Wildman–Crippen LogP) is 3.96. The fraction of sp³-hybridized carbons (Fsp3) is 0. The molecule has 1 heterocycles. The third kappa shape index (κ3) is 2.20. The van der Waals surface area contributed by atoms with Crippen LogP contribution in [0, 0.1) is 11.3 Å². The van der Waals surface area contributed by atoms with E-state index < -0.39 is 5.97 Å². The summed E-state index contributed by atoms with van der Waals surface area (Å²) in [6.07, 6.45) is 1.67. The van der Waals surface area contributed by atoms with Gasteiger partial charge >= 0.3 is 5.97 Å². The van der Waals surface area contributed by atoms with Gasteiger partial charge in [0.1, 0.15) is 6.07 Å². The zero-order chi connectivity index (χ0) is 15.0. The number of para-hydroxylation sites is 1. The van der Waals surface area contributed by atoms with Gasteiger partial charge < -0.3 is 9.67 Å². The van der Waals surface area contributed by atoms with Crippen LogP contribution in [0.25, 0.3) is 16.6 Å². The number of nitriles is 1. The third-order valence-electron chi connectivity index (χ3n) is 3.28. The Labute approximate surface area is 129 Å². The molecule has 1 aromatic heterocycles. The van der Waals surface area contributed by atoms with E-state index in [-0.39, 0.29) is 5.56 Å². The molecular weight excluding hydrogens is 332 g/mol. The first kappa shape index (κ1) is 13.4. The van der Waals surface area contributed by atoms with Gasteiger partial charge in [-0.2, -0.15) is 5.26 Å². The summed E-state index contributed by atoms with van der Waals surface area (Å²) in [4.78, 5) is 11.4. The Bertz CT molecular complexity index is 906. The van der Waals surface area contributed by atoms with Gasteiger partial charge in [-0.3, -0.25) is 0 Å². The summed E-state index contributed by atoms with van der Waals surface area (Å²) in [6.45, 7) is 0. The van der Waals surface area contributed by atoms with Gasteiger partial charge in [0.25, 0.3) is 0 Å². The van der Waals surface area contributed by atoms with Crippen molar-refractivity contribution in [2.45, 2.75) is 0 Å². The standard InChI is InChI=1S/C16H9BrN2O2/c17-11-5-6-13(16(20)21)15(7-11)19-9-10(8-18)12-3-1-2-4-14(12)19/h1-7,9H,(H,20,21). The smallest absolute Gasteiger partial charge is 0.337 e. The van der Waals surface area contributed by atoms with Gasteiger partial charge in [0.15, 0.2) is 0 Å². The molecule has 0 saturated heterocycles. The van der Waals surface area contributed by atoms with Crippen molar-refractivity contribution >= 4 is 32.8 Å². The molecule has 2 aromatic carbocycles. The zero-order valence-corrected chi connectivity index (χ0v) is 12.3. The van der Waals surface area contributed by atoms with E-state index in [0.717, 1.165) is 15.4 Å². The largest absolute Gasteiger partial charge is 0.478 e. The van der Waals surface area contributed by atoms with Crippen LogP contribution in [0.2, 0.25) is 0 Å². The molecule has 0 fully saturated rings. The molecule has 0 aliphatic heterocycles. The molecule has 0 spiro atoms. The maximum absolute atomic E-state index is 11.4. The zero-order valence-electron chi connectivity index (χ0n) is 10.7. The first-order valence-electron chi connectivity index (χ1n) is 6.15. The molecule has 0 bridgehead atoms. The van der Waals surface area contributed by atoms with Gasteiger partial charge in [-0.15, -0.1) is 0 Å². The minimum atomic E-state index is -1.01. The molecule has 102 valence electrons. The number of hydrogen-bond acceptors (Lipinski definition) is 2. The number of aromatic nitrogens is 1. The number of benzene rings is 2. The Morgan fingerprint density at radius 3 is 2.71 bits per heavy atom. The van der Waals surface area contributed by atoms with Crippen LogP contribution >= 0.6 is 15.9 Å². The molecule has 0 saturated carbocycles. The van der Waals surface area contributed by atoms with E-state index >= 15 is 0 Å². The van der Waals surface area contributed by atoms with Crippen LogP contribution < -0.4 is 0 Å². The molecular formula is C16H9BrN2O2. The van der Waals surface area contributed by atoms with Crippen LogP contribution in [-0.4, -0.2) is 15.6 Å². The van der Waals surface area contributed by atoms with Crippen molar-refractivity contribution in [3.8, 4) is 11.8 Å². The Hall–Kier alpha value is -2.58. The third-order valence-corrected chi connectivity index (χ3v) is 3.78. The summed E-state index contributed by atoms with van der Waals surface area (Å²) in [5.41, 5.74) is 2.02. The van der Waals surface area contributed by atoms with Gasteiger partial charge in [-0.25, -0.2) is 4.79 Å². The molecule has 1 N–H and O–H groups in total. The number of carboxylic acid groups (broad SMARTS) is 1. The highest BCUT2D eigenvalue weighted by molar-refractivity contribution is 9.10. The van der Waals surface area contributed by atoms with Crippen LogP contribution in [0.3, 0.4) is 0 Å². The van der Waals surface area contributed by atoms with Gasteiger partial charge in [0, 0.05) is 16.1 Å². The van der Waals surface area contributed by atoms with Gasteiger partial charge in [0.05, 0.1) is 22.3 Å². The highest BCUT2D eigenvalue weighted by atomic mass is 79.9. The molecule has 0 aliphatic carbocycles. The maximum atomic E-state index is 11.4. The average Bonchev–Trinajstić information content (AvgIpc) is 2.85. The molecule has 0 aliphatic rings. The van der Waals surface area contributed by atoms with Crippen molar-refractivity contribution in [3.63, 3.8) is 0 Å². The lowest BCUT2D eigenvalue weighted by atomic mass is 10.1. The summed E-state index contributed by atoms with van der Waals surface area (Å²) >= 11 is 3.36. The maximum Gasteiger partial charge on any atom is 0.337 e. The van der Waals surface area contributed by atoms with Crippen molar-refractivity contribution in [1.29, 1.82) is 5.26 Å². The van der Waals surface area contributed by atoms with Crippen LogP contribution in [0.4, 0.5) is 0 Å². The second-order valence-electron chi connectivity index (χ2n) is 4.51. The normalized spacial score (nSPS) is 10.5. The first-order valence-corrected chi connectivity index (χ1v) is 6.94. The van der Waals surface area contributed by atoms with Crippen LogP contribution in [-0.2, 0) is 0 Å². The Morgan fingerprint density at radius 1 is 1.24 bits per heavy atom. The molecule has 0 radical (unpaired) electrons. The van der Waals surface area contributed by atoms with E-state index in [1.54, 1.807) is 29.0 Å². The molecule has 0 atom stereocenters. The summed E-state index contributed by atoms with van der Waals surface area (Å²) in [5, 5.41) is 19.4. The number of aromatic carboxylic acids is 1. The quantitative estimate of drug-likeness (QED) is 0.767. The molecule has 0 amide bonds. The second-order valence-corrected chi connectivity index (χ2v) is 5.42. The number of rotatable bonds is 2. The highest BCUT2D eigenvalue weighted by Gasteiger charge is 2.15. The van der Waals surface area contributed by atoms with E-state index in [2.05, 4.69) is 22.0 Å². The summed E-state index contributed by atoms with van der Waals surface area (Å²) in [7, 11) is 0. The van der Waals surface area contributed by atoms with Crippen LogP contribution in [0.5, 0.6) is 0 Å². The molecule has 0 unspecified atom stereocenters. The van der Waals surface area contributed by atoms with Crippen LogP contribution in [0.1, 0.15) is 15.9 Å². The fourth-order valence-electron chi connectivity index (χ4n) is 2.35. The number of carboxylic acids is 1. The number of hydrogen-bond donors (Lipinski definition) is 1. The van der Waals surface area contributed by atoms with E-state index in [4.69, 9.17) is 0 Å².